The molecule has 1 heterocycles. The third-order valence-corrected chi connectivity index (χ3v) is 7.80. The van der Waals surface area contributed by atoms with Crippen LogP contribution in [-0.4, -0.2) is 15.3 Å². The summed E-state index contributed by atoms with van der Waals surface area (Å²) in [6.45, 7) is 11.1. The number of carbonyl (C=O) groups is 1. The number of urea groups is 1. The number of thiophene rings is 1. The predicted molar refractivity (Wildman–Crippen MR) is 121 cm³/mol. The van der Waals surface area contributed by atoms with Crippen LogP contribution in [0.15, 0.2) is 32.8 Å². The molecule has 0 unspecified atom stereocenters. The number of anilines is 1. The SMILES string of the molecule is CC(C)c1cc(C#N)cc(C(C)C)c1NC(=O)N=[S@@](N)(=O)c1ccc(C(C)(C)O)s1. The normalized spacial score (nSPS) is 13.8. The Morgan fingerprint density at radius 3 is 2.17 bits per heavy atom. The Bertz CT molecular complexity index is 1080. The summed E-state index contributed by atoms with van der Waals surface area (Å²) in [5.41, 5.74) is 1.56. The molecule has 162 valence electrons. The topological polar surface area (TPSA) is 129 Å². The highest BCUT2D eigenvalue weighted by molar-refractivity contribution is 7.93. The van der Waals surface area contributed by atoms with Crippen molar-refractivity contribution < 1.29 is 14.1 Å². The molecule has 2 amide bonds. The minimum absolute atomic E-state index is 0.0416. The molecular weight excluding hydrogens is 420 g/mol. The Morgan fingerprint density at radius 2 is 1.77 bits per heavy atom. The average molecular weight is 449 g/mol. The molecule has 2 aromatic rings. The first-order chi connectivity index (χ1) is 13.8. The van der Waals surface area contributed by atoms with Crippen LogP contribution in [0.2, 0.25) is 0 Å². The van der Waals surface area contributed by atoms with E-state index >= 15 is 0 Å². The first-order valence-corrected chi connectivity index (χ1v) is 11.9. The molecule has 0 spiro atoms. The lowest BCUT2D eigenvalue weighted by molar-refractivity contribution is 0.0825. The Hall–Kier alpha value is -2.25. The number of hydrogen-bond donors (Lipinski definition) is 3. The quantitative estimate of drug-likeness (QED) is 0.592. The summed E-state index contributed by atoms with van der Waals surface area (Å²) < 4.78 is 16.8. The van der Waals surface area contributed by atoms with Crippen molar-refractivity contribution in [2.24, 2.45) is 9.50 Å². The zero-order valence-corrected chi connectivity index (χ0v) is 19.6. The molecule has 0 bridgehead atoms. The van der Waals surface area contributed by atoms with E-state index < -0.39 is 21.5 Å². The Labute approximate surface area is 182 Å². The van der Waals surface area contributed by atoms with Gasteiger partial charge in [-0.05, 0) is 61.1 Å². The van der Waals surface area contributed by atoms with Gasteiger partial charge in [-0.1, -0.05) is 27.7 Å². The van der Waals surface area contributed by atoms with E-state index in [9.17, 15) is 19.4 Å². The second kappa shape index (κ2) is 8.86. The molecule has 0 aliphatic carbocycles. The lowest BCUT2D eigenvalue weighted by Gasteiger charge is -2.20. The van der Waals surface area contributed by atoms with Crippen LogP contribution in [0.4, 0.5) is 10.5 Å². The molecule has 30 heavy (non-hydrogen) atoms. The maximum Gasteiger partial charge on any atom is 0.354 e. The molecule has 0 radical (unpaired) electrons. The van der Waals surface area contributed by atoms with Gasteiger partial charge < -0.3 is 10.4 Å². The molecule has 0 aliphatic rings. The third-order valence-electron chi connectivity index (χ3n) is 4.50. The smallest absolute Gasteiger partial charge is 0.354 e. The fraction of sp³-hybridized carbons (Fsp3) is 0.429. The van der Waals surface area contributed by atoms with Crippen molar-refractivity contribution in [2.45, 2.75) is 63.2 Å². The molecule has 4 N–H and O–H groups in total. The van der Waals surface area contributed by atoms with Crippen molar-refractivity contribution in [3.63, 3.8) is 0 Å². The van der Waals surface area contributed by atoms with E-state index in [1.165, 1.54) is 6.07 Å². The van der Waals surface area contributed by atoms with Gasteiger partial charge in [-0.25, -0.2) is 14.1 Å². The van der Waals surface area contributed by atoms with Crippen LogP contribution in [0.1, 0.15) is 74.9 Å². The van der Waals surface area contributed by atoms with Crippen molar-refractivity contribution in [3.05, 3.63) is 45.8 Å². The second-order valence-electron chi connectivity index (χ2n) is 8.22. The highest BCUT2D eigenvalue weighted by Gasteiger charge is 2.23. The van der Waals surface area contributed by atoms with Crippen LogP contribution >= 0.6 is 11.3 Å². The Kier molecular flexibility index (Phi) is 7.09. The van der Waals surface area contributed by atoms with Crippen molar-refractivity contribution in [1.29, 1.82) is 5.26 Å². The van der Waals surface area contributed by atoms with Crippen LogP contribution in [0.5, 0.6) is 0 Å². The zero-order chi connectivity index (χ0) is 22.9. The lowest BCUT2D eigenvalue weighted by Crippen LogP contribution is -2.18. The minimum Gasteiger partial charge on any atom is -0.385 e. The number of amides is 2. The molecule has 9 heteroatoms. The van der Waals surface area contributed by atoms with Gasteiger partial charge in [-0.15, -0.1) is 15.7 Å². The van der Waals surface area contributed by atoms with Crippen molar-refractivity contribution in [1.82, 2.24) is 0 Å². The summed E-state index contributed by atoms with van der Waals surface area (Å²) >= 11 is 1.06. The largest absolute Gasteiger partial charge is 0.385 e. The predicted octanol–water partition coefficient (Wildman–Crippen LogP) is 5.03. The van der Waals surface area contributed by atoms with Gasteiger partial charge in [0.2, 0.25) is 0 Å². The monoisotopic (exact) mass is 448 g/mol. The first kappa shape index (κ1) is 24.0. The number of nitriles is 1. The van der Waals surface area contributed by atoms with Gasteiger partial charge in [-0.3, -0.25) is 0 Å². The number of hydrogen-bond acceptors (Lipinski definition) is 5. The van der Waals surface area contributed by atoms with Gasteiger partial charge in [0.05, 0.1) is 17.2 Å². The molecule has 2 rings (SSSR count). The highest BCUT2D eigenvalue weighted by Crippen LogP contribution is 2.34. The van der Waals surface area contributed by atoms with E-state index in [0.29, 0.717) is 16.1 Å². The van der Waals surface area contributed by atoms with E-state index in [1.54, 1.807) is 32.0 Å². The van der Waals surface area contributed by atoms with Gasteiger partial charge in [-0.2, -0.15) is 5.26 Å². The lowest BCUT2D eigenvalue weighted by atomic mass is 9.90. The van der Waals surface area contributed by atoms with Gasteiger partial charge in [0, 0.05) is 10.6 Å². The average Bonchev–Trinajstić information content (AvgIpc) is 3.12. The molecule has 0 fully saturated rings. The molecule has 1 atom stereocenters. The van der Waals surface area contributed by atoms with Crippen LogP contribution in [-0.2, 0) is 15.5 Å². The molecular formula is C21H28N4O3S2. The number of nitrogens with zero attached hydrogens (tertiary/aromatic N) is 2. The minimum atomic E-state index is -3.48. The van der Waals surface area contributed by atoms with Crippen molar-refractivity contribution in [3.8, 4) is 6.07 Å². The first-order valence-electron chi connectivity index (χ1n) is 9.52. The van der Waals surface area contributed by atoms with E-state index in [2.05, 4.69) is 15.7 Å². The standard InChI is InChI=1S/C21H28N4O3S2/c1-12(2)15-9-14(11-22)10-16(13(3)4)19(15)24-20(26)25-30(23,28)18-8-7-17(29-18)21(5,6)27/h7-10,12-13,27H,1-6H3,(H3,23,24,25,26,28)/t30-/m1/s1. The third kappa shape index (κ3) is 5.46. The van der Waals surface area contributed by atoms with E-state index in [-0.39, 0.29) is 16.0 Å². The fourth-order valence-corrected chi connectivity index (χ4v) is 5.15. The van der Waals surface area contributed by atoms with E-state index in [4.69, 9.17) is 5.14 Å². The molecule has 0 saturated heterocycles. The second-order valence-corrected chi connectivity index (χ2v) is 11.3. The number of rotatable bonds is 5. The summed E-state index contributed by atoms with van der Waals surface area (Å²) in [5.74, 6) is 0.0833. The maximum atomic E-state index is 12.9. The molecule has 0 saturated carbocycles. The number of nitrogens with one attached hydrogen (secondary N) is 1. The van der Waals surface area contributed by atoms with Gasteiger partial charge >= 0.3 is 6.03 Å². The summed E-state index contributed by atoms with van der Waals surface area (Å²) in [4.78, 5) is 13.2. The van der Waals surface area contributed by atoms with Crippen molar-refractivity contribution >= 4 is 33.0 Å². The zero-order valence-electron chi connectivity index (χ0n) is 18.0. The summed E-state index contributed by atoms with van der Waals surface area (Å²) in [7, 11) is -3.48. The van der Waals surface area contributed by atoms with E-state index in [0.717, 1.165) is 22.5 Å². The Balaban J connectivity index is 2.48. The number of nitrogens with two attached hydrogens (primary N) is 1. The van der Waals surface area contributed by atoms with Crippen LogP contribution < -0.4 is 10.5 Å². The molecule has 7 nitrogen and oxygen atoms in total. The van der Waals surface area contributed by atoms with Crippen LogP contribution in [0, 0.1) is 11.3 Å². The van der Waals surface area contributed by atoms with Crippen LogP contribution in [0.25, 0.3) is 0 Å². The summed E-state index contributed by atoms with van der Waals surface area (Å²) in [6.07, 6.45) is 0. The maximum absolute atomic E-state index is 12.9. The van der Waals surface area contributed by atoms with E-state index in [1.807, 2.05) is 27.7 Å². The van der Waals surface area contributed by atoms with Gasteiger partial charge in [0.15, 0.2) is 9.92 Å². The number of benzene rings is 1. The van der Waals surface area contributed by atoms with Crippen molar-refractivity contribution in [2.75, 3.05) is 5.32 Å². The highest BCUT2D eigenvalue weighted by atomic mass is 32.2. The van der Waals surface area contributed by atoms with Gasteiger partial charge in [0.25, 0.3) is 0 Å². The molecule has 1 aromatic heterocycles. The molecule has 0 aliphatic heterocycles. The van der Waals surface area contributed by atoms with Crippen LogP contribution in [0.3, 0.4) is 0 Å². The summed E-state index contributed by atoms with van der Waals surface area (Å²) in [6, 6.07) is 7.93. The number of carbonyl (C=O) groups excluding carboxylic acids is 1. The van der Waals surface area contributed by atoms with Gasteiger partial charge in [0.1, 0.15) is 4.21 Å². The molecule has 1 aromatic carbocycles. The Morgan fingerprint density at radius 1 is 1.23 bits per heavy atom. The number of aliphatic hydroxyl groups is 1. The summed E-state index contributed by atoms with van der Waals surface area (Å²) in [5, 5.41) is 28.0. The fourth-order valence-electron chi connectivity index (χ4n) is 2.91.